The number of hydrogen-bond acceptors (Lipinski definition) is 3. The number of nitrogens with zero attached hydrogens (tertiary/aromatic N) is 2. The first kappa shape index (κ1) is 13.1. The van der Waals surface area contributed by atoms with Crippen molar-refractivity contribution in [3.8, 4) is 5.75 Å². The number of aromatic hydroxyl groups is 1. The number of benzene rings is 2. The summed E-state index contributed by atoms with van der Waals surface area (Å²) in [6.45, 7) is 0. The molecule has 0 spiro atoms. The fourth-order valence-electron chi connectivity index (χ4n) is 1.40. The van der Waals surface area contributed by atoms with Gasteiger partial charge in [-0.15, -0.1) is 5.11 Å². The van der Waals surface area contributed by atoms with Crippen molar-refractivity contribution in [1.29, 1.82) is 0 Å². The minimum atomic E-state index is -4.42. The summed E-state index contributed by atoms with van der Waals surface area (Å²) in [6.07, 6.45) is -4.42. The molecular formula is C13H9F3N2O. The second-order valence-electron chi connectivity index (χ2n) is 3.74. The van der Waals surface area contributed by atoms with Gasteiger partial charge in [-0.25, -0.2) is 0 Å². The molecule has 98 valence electrons. The zero-order chi connectivity index (χ0) is 13.9. The van der Waals surface area contributed by atoms with E-state index in [9.17, 15) is 18.3 Å². The summed E-state index contributed by atoms with van der Waals surface area (Å²) in [5.41, 5.74) is -0.528. The summed E-state index contributed by atoms with van der Waals surface area (Å²) in [4.78, 5) is 0. The Kier molecular flexibility index (Phi) is 3.50. The molecule has 2 aromatic rings. The van der Waals surface area contributed by atoms with E-state index in [1.165, 1.54) is 24.3 Å². The van der Waals surface area contributed by atoms with Crippen LogP contribution in [0.15, 0.2) is 58.8 Å². The Morgan fingerprint density at radius 1 is 0.895 bits per heavy atom. The van der Waals surface area contributed by atoms with E-state index in [0.29, 0.717) is 0 Å². The van der Waals surface area contributed by atoms with Crippen molar-refractivity contribution in [1.82, 2.24) is 0 Å². The molecule has 0 amide bonds. The molecule has 1 N–H and O–H groups in total. The lowest BCUT2D eigenvalue weighted by molar-refractivity contribution is -0.137. The van der Waals surface area contributed by atoms with Crippen molar-refractivity contribution < 1.29 is 18.3 Å². The highest BCUT2D eigenvalue weighted by Crippen LogP contribution is 2.32. The van der Waals surface area contributed by atoms with E-state index in [0.717, 1.165) is 12.1 Å². The lowest BCUT2D eigenvalue weighted by Crippen LogP contribution is -2.03. The highest BCUT2D eigenvalue weighted by atomic mass is 19.4. The summed E-state index contributed by atoms with van der Waals surface area (Å²) in [5.74, 6) is -0.0850. The van der Waals surface area contributed by atoms with Gasteiger partial charge in [0, 0.05) is 0 Å². The van der Waals surface area contributed by atoms with Gasteiger partial charge in [-0.3, -0.25) is 0 Å². The molecule has 19 heavy (non-hydrogen) atoms. The molecule has 0 radical (unpaired) electrons. The number of hydrogen-bond donors (Lipinski definition) is 1. The number of alkyl halides is 3. The maximum atomic E-state index is 12.5. The third-order valence-electron chi connectivity index (χ3n) is 2.33. The Morgan fingerprint density at radius 2 is 1.63 bits per heavy atom. The lowest BCUT2D eigenvalue weighted by atomic mass is 10.2. The van der Waals surface area contributed by atoms with Gasteiger partial charge in [-0.05, 0) is 30.3 Å². The minimum Gasteiger partial charge on any atom is -0.506 e. The molecule has 0 atom stereocenters. The van der Waals surface area contributed by atoms with Crippen LogP contribution in [-0.2, 0) is 6.18 Å². The van der Waals surface area contributed by atoms with Gasteiger partial charge >= 0.3 is 6.18 Å². The molecule has 0 saturated carbocycles. The Morgan fingerprint density at radius 3 is 2.32 bits per heavy atom. The van der Waals surface area contributed by atoms with Gasteiger partial charge in [0.25, 0.3) is 0 Å². The van der Waals surface area contributed by atoms with E-state index < -0.39 is 11.7 Å². The molecule has 0 aliphatic heterocycles. The van der Waals surface area contributed by atoms with Crippen LogP contribution >= 0.6 is 0 Å². The standard InChI is InChI=1S/C13H9F3N2O/c14-13(15,16)9-4-3-5-10(8-9)17-18-11-6-1-2-7-12(11)19/h1-8,19H. The van der Waals surface area contributed by atoms with Crippen LogP contribution in [0.5, 0.6) is 5.75 Å². The van der Waals surface area contributed by atoms with Crippen LogP contribution < -0.4 is 0 Å². The normalized spacial score (nSPS) is 11.9. The van der Waals surface area contributed by atoms with E-state index in [2.05, 4.69) is 10.2 Å². The molecule has 3 nitrogen and oxygen atoms in total. The zero-order valence-electron chi connectivity index (χ0n) is 9.59. The molecule has 0 heterocycles. The maximum absolute atomic E-state index is 12.5. The van der Waals surface area contributed by atoms with Gasteiger partial charge in [0.1, 0.15) is 11.4 Å². The van der Waals surface area contributed by atoms with Crippen LogP contribution in [0.4, 0.5) is 24.5 Å². The summed E-state index contributed by atoms with van der Waals surface area (Å²) in [6, 6.07) is 10.7. The first-order chi connectivity index (χ1) is 8.97. The third-order valence-corrected chi connectivity index (χ3v) is 2.33. The van der Waals surface area contributed by atoms with E-state index in [-0.39, 0.29) is 17.1 Å². The van der Waals surface area contributed by atoms with Gasteiger partial charge in [-0.1, -0.05) is 18.2 Å². The van der Waals surface area contributed by atoms with Crippen molar-refractivity contribution >= 4 is 11.4 Å². The van der Waals surface area contributed by atoms with Gasteiger partial charge in [-0.2, -0.15) is 18.3 Å². The fraction of sp³-hybridized carbons (Fsp3) is 0.0769. The predicted molar refractivity (Wildman–Crippen MR) is 63.7 cm³/mol. The van der Waals surface area contributed by atoms with Crippen molar-refractivity contribution in [2.24, 2.45) is 10.2 Å². The molecule has 0 aromatic heterocycles. The maximum Gasteiger partial charge on any atom is 0.416 e. The van der Waals surface area contributed by atoms with Crippen molar-refractivity contribution in [2.45, 2.75) is 6.18 Å². The van der Waals surface area contributed by atoms with Crippen LogP contribution in [0, 0.1) is 0 Å². The first-order valence-corrected chi connectivity index (χ1v) is 5.34. The Hall–Kier alpha value is -2.37. The lowest BCUT2D eigenvalue weighted by Gasteiger charge is -2.05. The summed E-state index contributed by atoms with van der Waals surface area (Å²) in [7, 11) is 0. The number of rotatable bonds is 2. The predicted octanol–water partition coefficient (Wildman–Crippen LogP) is 4.83. The van der Waals surface area contributed by atoms with Crippen molar-refractivity contribution in [3.05, 3.63) is 54.1 Å². The Bertz CT molecular complexity index is 609. The van der Waals surface area contributed by atoms with E-state index in [1.54, 1.807) is 12.1 Å². The number of para-hydroxylation sites is 1. The summed E-state index contributed by atoms with van der Waals surface area (Å²) in [5, 5.41) is 16.8. The second kappa shape index (κ2) is 5.09. The van der Waals surface area contributed by atoms with Crippen LogP contribution in [-0.4, -0.2) is 5.11 Å². The molecule has 0 aliphatic rings. The quantitative estimate of drug-likeness (QED) is 0.777. The SMILES string of the molecule is Oc1ccccc1N=Nc1cccc(C(F)(F)F)c1. The number of phenols is 1. The van der Waals surface area contributed by atoms with Crippen LogP contribution in [0.2, 0.25) is 0 Å². The van der Waals surface area contributed by atoms with Crippen LogP contribution in [0.25, 0.3) is 0 Å². The third kappa shape index (κ3) is 3.31. The van der Waals surface area contributed by atoms with Gasteiger partial charge in [0.05, 0.1) is 11.3 Å². The van der Waals surface area contributed by atoms with Crippen LogP contribution in [0.1, 0.15) is 5.56 Å². The number of azo groups is 1. The van der Waals surface area contributed by atoms with E-state index in [4.69, 9.17) is 0 Å². The Labute approximate surface area is 107 Å². The number of halogens is 3. The zero-order valence-corrected chi connectivity index (χ0v) is 9.59. The molecule has 0 unspecified atom stereocenters. The first-order valence-electron chi connectivity index (χ1n) is 5.34. The van der Waals surface area contributed by atoms with Crippen molar-refractivity contribution in [3.63, 3.8) is 0 Å². The highest BCUT2D eigenvalue weighted by Gasteiger charge is 2.30. The molecule has 0 saturated heterocycles. The second-order valence-corrected chi connectivity index (χ2v) is 3.74. The minimum absolute atomic E-state index is 0.0677. The highest BCUT2D eigenvalue weighted by molar-refractivity contribution is 5.50. The Balaban J connectivity index is 2.27. The van der Waals surface area contributed by atoms with Gasteiger partial charge < -0.3 is 5.11 Å². The average molecular weight is 266 g/mol. The van der Waals surface area contributed by atoms with Crippen LogP contribution in [0.3, 0.4) is 0 Å². The molecule has 6 heteroatoms. The van der Waals surface area contributed by atoms with Gasteiger partial charge in [0.15, 0.2) is 0 Å². The van der Waals surface area contributed by atoms with Crippen molar-refractivity contribution in [2.75, 3.05) is 0 Å². The van der Waals surface area contributed by atoms with E-state index >= 15 is 0 Å². The molecule has 0 aliphatic carbocycles. The summed E-state index contributed by atoms with van der Waals surface area (Å²) < 4.78 is 37.4. The molecule has 0 fully saturated rings. The number of phenolic OH excluding ortho intramolecular Hbond substituents is 1. The largest absolute Gasteiger partial charge is 0.506 e. The fourth-order valence-corrected chi connectivity index (χ4v) is 1.40. The molecular weight excluding hydrogens is 257 g/mol. The topological polar surface area (TPSA) is 45.0 Å². The average Bonchev–Trinajstić information content (AvgIpc) is 2.37. The summed E-state index contributed by atoms with van der Waals surface area (Å²) >= 11 is 0. The molecule has 2 aromatic carbocycles. The van der Waals surface area contributed by atoms with Gasteiger partial charge in [0.2, 0.25) is 0 Å². The monoisotopic (exact) mass is 266 g/mol. The van der Waals surface area contributed by atoms with E-state index in [1.807, 2.05) is 0 Å². The molecule has 0 bridgehead atoms. The smallest absolute Gasteiger partial charge is 0.416 e. The molecule has 2 rings (SSSR count).